The minimum absolute atomic E-state index is 0.229. The van der Waals surface area contributed by atoms with Gasteiger partial charge >= 0.3 is 23.9 Å². The fourth-order valence-electron chi connectivity index (χ4n) is 1.84. The summed E-state index contributed by atoms with van der Waals surface area (Å²) in [6.07, 6.45) is -2.46. The summed E-state index contributed by atoms with van der Waals surface area (Å²) in [4.78, 5) is 44.9. The summed E-state index contributed by atoms with van der Waals surface area (Å²) in [5, 5.41) is 0. The molecule has 3 atom stereocenters. The maximum atomic E-state index is 11.3. The van der Waals surface area contributed by atoms with Gasteiger partial charge in [-0.05, 0) is 0 Å². The summed E-state index contributed by atoms with van der Waals surface area (Å²) in [5.74, 6) is -3.16. The molecule has 1 heterocycles. The Hall–Kier alpha value is -2.58. The van der Waals surface area contributed by atoms with Gasteiger partial charge in [0.2, 0.25) is 6.10 Å². The highest BCUT2D eigenvalue weighted by Gasteiger charge is 2.44. The molecule has 0 spiro atoms. The van der Waals surface area contributed by atoms with E-state index in [1.807, 2.05) is 0 Å². The van der Waals surface area contributed by atoms with Crippen LogP contribution in [0.1, 0.15) is 29.0 Å². The van der Waals surface area contributed by atoms with Gasteiger partial charge in [0.05, 0.1) is 0 Å². The summed E-state index contributed by atoms with van der Waals surface area (Å²) >= 11 is 0. The van der Waals surface area contributed by atoms with Gasteiger partial charge in [0.1, 0.15) is 12.9 Å². The second-order valence-electron chi connectivity index (χ2n) is 4.58. The van der Waals surface area contributed by atoms with Crippen LogP contribution in [0, 0.1) is 0 Å². The SMILES string of the molecule is [2H]CC(=O)OC1=CO[C@H](COC(C)=O)[C@@H](OC(C)=O)[C@@H]1OC(C)=O. The van der Waals surface area contributed by atoms with Crippen molar-refractivity contribution in [1.29, 1.82) is 0 Å². The molecule has 0 bridgehead atoms. The minimum Gasteiger partial charge on any atom is -0.487 e. The molecule has 0 aromatic heterocycles. The molecule has 0 saturated carbocycles. The minimum atomic E-state index is -1.28. The summed E-state index contributed by atoms with van der Waals surface area (Å²) < 4.78 is 32.1. The first-order chi connectivity index (χ1) is 11.2. The van der Waals surface area contributed by atoms with Gasteiger partial charge in [-0.3, -0.25) is 19.2 Å². The fourth-order valence-corrected chi connectivity index (χ4v) is 1.84. The van der Waals surface area contributed by atoms with E-state index in [0.717, 1.165) is 20.1 Å². The zero-order valence-electron chi connectivity index (χ0n) is 13.9. The van der Waals surface area contributed by atoms with E-state index in [0.29, 0.717) is 0 Å². The van der Waals surface area contributed by atoms with Crippen molar-refractivity contribution in [2.45, 2.75) is 46.0 Å². The van der Waals surface area contributed by atoms with Crippen LogP contribution in [0.4, 0.5) is 0 Å². The van der Waals surface area contributed by atoms with Crippen molar-refractivity contribution >= 4 is 23.9 Å². The largest absolute Gasteiger partial charge is 0.487 e. The molecule has 128 valence electrons. The third kappa shape index (κ3) is 5.97. The van der Waals surface area contributed by atoms with Crippen LogP contribution in [0.2, 0.25) is 0 Å². The predicted molar refractivity (Wildman–Crippen MR) is 72.5 cm³/mol. The van der Waals surface area contributed by atoms with Gasteiger partial charge in [0.15, 0.2) is 18.0 Å². The number of hydrogen-bond acceptors (Lipinski definition) is 9. The Morgan fingerprint density at radius 3 is 2.26 bits per heavy atom. The summed E-state index contributed by atoms with van der Waals surface area (Å²) in [6.45, 7) is 2.48. The standard InChI is InChI=1S/C14H18O9/c1-7(15)19-5-11-13(22-9(3)17)14(23-10(4)18)12(6-20-11)21-8(2)16/h6,11,13-14H,5H2,1-4H3/t11-,13-,14-/m1/s1/i2D. The van der Waals surface area contributed by atoms with Crippen LogP contribution < -0.4 is 0 Å². The highest BCUT2D eigenvalue weighted by atomic mass is 16.6. The van der Waals surface area contributed by atoms with E-state index < -0.39 is 49.1 Å². The zero-order valence-corrected chi connectivity index (χ0v) is 12.9. The van der Waals surface area contributed by atoms with E-state index >= 15 is 0 Å². The van der Waals surface area contributed by atoms with Gasteiger partial charge in [-0.2, -0.15) is 0 Å². The van der Waals surface area contributed by atoms with Crippen molar-refractivity contribution in [3.63, 3.8) is 0 Å². The van der Waals surface area contributed by atoms with E-state index in [1.165, 1.54) is 6.92 Å². The molecule has 0 fully saturated rings. The molecule has 1 aliphatic rings. The Labute approximate surface area is 133 Å². The van der Waals surface area contributed by atoms with E-state index in [1.54, 1.807) is 0 Å². The molecule has 23 heavy (non-hydrogen) atoms. The van der Waals surface area contributed by atoms with E-state index in [4.69, 9.17) is 25.1 Å². The van der Waals surface area contributed by atoms with Crippen molar-refractivity contribution in [2.24, 2.45) is 0 Å². The van der Waals surface area contributed by atoms with Gasteiger partial charge in [-0.25, -0.2) is 0 Å². The second-order valence-corrected chi connectivity index (χ2v) is 4.58. The lowest BCUT2D eigenvalue weighted by Gasteiger charge is -2.35. The average Bonchev–Trinajstić information content (AvgIpc) is 2.48. The Morgan fingerprint density at radius 2 is 1.74 bits per heavy atom. The smallest absolute Gasteiger partial charge is 0.307 e. The quantitative estimate of drug-likeness (QED) is 0.515. The zero-order chi connectivity index (χ0) is 18.3. The molecule has 9 heteroatoms. The molecule has 0 unspecified atom stereocenters. The molecule has 0 aromatic carbocycles. The monoisotopic (exact) mass is 331 g/mol. The number of rotatable bonds is 5. The van der Waals surface area contributed by atoms with E-state index in [-0.39, 0.29) is 12.4 Å². The molecule has 9 nitrogen and oxygen atoms in total. The van der Waals surface area contributed by atoms with Crippen molar-refractivity contribution < 1.29 is 44.2 Å². The number of carbonyl (C=O) groups excluding carboxylic acids is 4. The molecule has 0 radical (unpaired) electrons. The third-order valence-corrected chi connectivity index (χ3v) is 2.58. The Bertz CT molecular complexity index is 542. The van der Waals surface area contributed by atoms with Crippen LogP contribution in [-0.4, -0.2) is 48.8 Å². The lowest BCUT2D eigenvalue weighted by atomic mass is 10.0. The predicted octanol–water partition coefficient (Wildman–Crippen LogP) is 0.216. The van der Waals surface area contributed by atoms with Crippen LogP contribution in [0.3, 0.4) is 0 Å². The molecule has 0 N–H and O–H groups in total. The van der Waals surface area contributed by atoms with Crippen LogP contribution in [-0.2, 0) is 42.9 Å². The molecule has 1 rings (SSSR count). The fraction of sp³-hybridized carbons (Fsp3) is 0.571. The summed E-state index contributed by atoms with van der Waals surface area (Å²) in [5.41, 5.74) is 0. The molecule has 0 saturated heterocycles. The number of hydrogen-bond donors (Lipinski definition) is 0. The first-order valence-electron chi connectivity index (χ1n) is 7.28. The lowest BCUT2D eigenvalue weighted by molar-refractivity contribution is -0.186. The topological polar surface area (TPSA) is 114 Å². The molecular weight excluding hydrogens is 312 g/mol. The van der Waals surface area contributed by atoms with Crippen LogP contribution in [0.5, 0.6) is 0 Å². The van der Waals surface area contributed by atoms with Gasteiger partial charge in [0.25, 0.3) is 0 Å². The van der Waals surface area contributed by atoms with E-state index in [9.17, 15) is 19.2 Å². The molecule has 0 amide bonds. The Balaban J connectivity index is 3.08. The van der Waals surface area contributed by atoms with Gasteiger partial charge in [0, 0.05) is 29.0 Å². The molecular formula is C14H18O9. The summed E-state index contributed by atoms with van der Waals surface area (Å²) in [6, 6.07) is 0. The third-order valence-electron chi connectivity index (χ3n) is 2.58. The van der Waals surface area contributed by atoms with Gasteiger partial charge in [-0.1, -0.05) is 0 Å². The van der Waals surface area contributed by atoms with Crippen LogP contribution in [0.15, 0.2) is 12.0 Å². The highest BCUT2D eigenvalue weighted by molar-refractivity contribution is 5.69. The van der Waals surface area contributed by atoms with Crippen LogP contribution in [0.25, 0.3) is 0 Å². The maximum Gasteiger partial charge on any atom is 0.307 e. The molecule has 0 aliphatic carbocycles. The second kappa shape index (κ2) is 8.16. The van der Waals surface area contributed by atoms with Crippen molar-refractivity contribution in [3.05, 3.63) is 12.0 Å². The van der Waals surface area contributed by atoms with E-state index in [2.05, 4.69) is 0 Å². The number of esters is 4. The maximum absolute atomic E-state index is 11.3. The van der Waals surface area contributed by atoms with Gasteiger partial charge < -0.3 is 23.7 Å². The Morgan fingerprint density at radius 1 is 1.09 bits per heavy atom. The first-order valence-corrected chi connectivity index (χ1v) is 6.57. The molecule has 0 aromatic rings. The van der Waals surface area contributed by atoms with Crippen molar-refractivity contribution in [3.8, 4) is 0 Å². The number of carbonyl (C=O) groups is 4. The highest BCUT2D eigenvalue weighted by Crippen LogP contribution is 2.26. The Kier molecular flexibility index (Phi) is 5.95. The average molecular weight is 331 g/mol. The molecule has 1 aliphatic heterocycles. The van der Waals surface area contributed by atoms with Gasteiger partial charge in [-0.15, -0.1) is 0 Å². The summed E-state index contributed by atoms with van der Waals surface area (Å²) in [7, 11) is 0. The van der Waals surface area contributed by atoms with Crippen molar-refractivity contribution in [2.75, 3.05) is 6.61 Å². The first kappa shape index (κ1) is 16.8. The van der Waals surface area contributed by atoms with Crippen molar-refractivity contribution in [1.82, 2.24) is 0 Å². The lowest BCUT2D eigenvalue weighted by Crippen LogP contribution is -2.50. The van der Waals surface area contributed by atoms with Crippen LogP contribution >= 0.6 is 0 Å². The number of ether oxygens (including phenoxy) is 5. The normalized spacial score (nSPS) is 23.5.